The van der Waals surface area contributed by atoms with Crippen molar-refractivity contribution < 1.29 is 13.6 Å². The number of amides is 1. The van der Waals surface area contributed by atoms with Gasteiger partial charge in [0.15, 0.2) is 0 Å². The van der Waals surface area contributed by atoms with E-state index in [2.05, 4.69) is 17.1 Å². The van der Waals surface area contributed by atoms with Crippen LogP contribution in [0.25, 0.3) is 0 Å². The maximum Gasteiger partial charge on any atom is 0.277 e. The molecule has 1 aliphatic rings. The van der Waals surface area contributed by atoms with E-state index >= 15 is 0 Å². The van der Waals surface area contributed by atoms with Gasteiger partial charge in [-0.05, 0) is 37.8 Å². The van der Waals surface area contributed by atoms with Gasteiger partial charge >= 0.3 is 0 Å². The number of likely N-dealkylation sites (tertiary alicyclic amines) is 1. The molecule has 1 aromatic carbocycles. The zero-order valence-corrected chi connectivity index (χ0v) is 14.4. The predicted octanol–water partition coefficient (Wildman–Crippen LogP) is 3.29. The average molecular weight is 349 g/mol. The van der Waals surface area contributed by atoms with Gasteiger partial charge < -0.3 is 9.32 Å². The summed E-state index contributed by atoms with van der Waals surface area (Å²) in [5, 5.41) is 8.21. The van der Waals surface area contributed by atoms with Gasteiger partial charge in [-0.15, -0.1) is 10.2 Å². The summed E-state index contributed by atoms with van der Waals surface area (Å²) in [4.78, 5) is 14.2. The third kappa shape index (κ3) is 4.14. The molecule has 24 heavy (non-hydrogen) atoms. The normalized spacial score (nSPS) is 17.9. The summed E-state index contributed by atoms with van der Waals surface area (Å²) in [6.45, 7) is 2.91. The van der Waals surface area contributed by atoms with E-state index in [4.69, 9.17) is 4.42 Å². The number of thioether (sulfide) groups is 1. The molecule has 0 bridgehead atoms. The van der Waals surface area contributed by atoms with Crippen molar-refractivity contribution in [2.45, 2.75) is 43.9 Å². The van der Waals surface area contributed by atoms with Crippen LogP contribution in [-0.2, 0) is 11.2 Å². The lowest BCUT2D eigenvalue weighted by atomic mass is 10.0. The molecule has 0 aliphatic carbocycles. The number of aromatic nitrogens is 2. The molecule has 5 nitrogen and oxygen atoms in total. The number of carbonyl (C=O) groups excluding carboxylic acids is 1. The molecule has 1 aromatic heterocycles. The van der Waals surface area contributed by atoms with E-state index in [9.17, 15) is 9.18 Å². The fourth-order valence-corrected chi connectivity index (χ4v) is 3.51. The third-order valence-electron chi connectivity index (χ3n) is 4.19. The minimum Gasteiger partial charge on any atom is -0.416 e. The van der Waals surface area contributed by atoms with Crippen LogP contribution in [0.2, 0.25) is 0 Å². The van der Waals surface area contributed by atoms with Crippen molar-refractivity contribution in [2.24, 2.45) is 0 Å². The van der Waals surface area contributed by atoms with Gasteiger partial charge in [0, 0.05) is 12.6 Å². The monoisotopic (exact) mass is 349 g/mol. The Kier molecular flexibility index (Phi) is 5.50. The zero-order chi connectivity index (χ0) is 16.9. The fourth-order valence-electron chi connectivity index (χ4n) is 2.85. The topological polar surface area (TPSA) is 59.2 Å². The Morgan fingerprint density at radius 1 is 1.38 bits per heavy atom. The second-order valence-electron chi connectivity index (χ2n) is 5.95. The number of hydrogen-bond donors (Lipinski definition) is 0. The quantitative estimate of drug-likeness (QED) is 0.775. The molecular weight excluding hydrogens is 329 g/mol. The van der Waals surface area contributed by atoms with Crippen molar-refractivity contribution in [3.8, 4) is 0 Å². The molecule has 128 valence electrons. The lowest BCUT2D eigenvalue weighted by Crippen LogP contribution is -2.42. The first-order chi connectivity index (χ1) is 11.6. The molecule has 1 amide bonds. The molecule has 2 aromatic rings. The van der Waals surface area contributed by atoms with E-state index in [1.54, 1.807) is 18.2 Å². The molecule has 1 unspecified atom stereocenters. The van der Waals surface area contributed by atoms with Crippen molar-refractivity contribution in [1.82, 2.24) is 15.1 Å². The van der Waals surface area contributed by atoms with Crippen LogP contribution >= 0.6 is 11.8 Å². The molecular formula is C17H20FN3O2S. The summed E-state index contributed by atoms with van der Waals surface area (Å²) in [7, 11) is 0. The van der Waals surface area contributed by atoms with E-state index < -0.39 is 0 Å². The second kappa shape index (κ2) is 7.79. The molecule has 7 heteroatoms. The highest BCUT2D eigenvalue weighted by molar-refractivity contribution is 7.99. The van der Waals surface area contributed by atoms with Crippen LogP contribution in [0.4, 0.5) is 4.39 Å². The minimum atomic E-state index is -0.292. The number of benzene rings is 1. The van der Waals surface area contributed by atoms with Gasteiger partial charge in [0.05, 0.1) is 12.2 Å². The highest BCUT2D eigenvalue weighted by Gasteiger charge is 2.23. The lowest BCUT2D eigenvalue weighted by Gasteiger charge is -2.33. The van der Waals surface area contributed by atoms with E-state index in [0.29, 0.717) is 22.7 Å². The molecule has 3 rings (SSSR count). The predicted molar refractivity (Wildman–Crippen MR) is 89.3 cm³/mol. The van der Waals surface area contributed by atoms with Gasteiger partial charge in [0.25, 0.3) is 5.22 Å². The maximum atomic E-state index is 13.6. The maximum absolute atomic E-state index is 13.6. The Morgan fingerprint density at radius 3 is 3.00 bits per heavy atom. The van der Waals surface area contributed by atoms with Crippen molar-refractivity contribution in [1.29, 1.82) is 0 Å². The number of hydrogen-bond acceptors (Lipinski definition) is 5. The number of carbonyl (C=O) groups is 1. The van der Waals surface area contributed by atoms with E-state index in [0.717, 1.165) is 19.4 Å². The van der Waals surface area contributed by atoms with Crippen molar-refractivity contribution in [2.75, 3.05) is 12.3 Å². The van der Waals surface area contributed by atoms with Crippen LogP contribution in [-0.4, -0.2) is 39.3 Å². The Labute approximate surface area is 144 Å². The van der Waals surface area contributed by atoms with Crippen LogP contribution in [0.5, 0.6) is 0 Å². The van der Waals surface area contributed by atoms with Crippen LogP contribution in [0.15, 0.2) is 33.9 Å². The number of nitrogens with zero attached hydrogens (tertiary/aromatic N) is 3. The molecule has 1 aliphatic heterocycles. The van der Waals surface area contributed by atoms with E-state index in [-0.39, 0.29) is 23.9 Å². The molecule has 0 saturated carbocycles. The molecule has 1 fully saturated rings. The summed E-state index contributed by atoms with van der Waals surface area (Å²) in [5.41, 5.74) is 0.510. The first kappa shape index (κ1) is 17.0. The van der Waals surface area contributed by atoms with Crippen molar-refractivity contribution in [3.63, 3.8) is 0 Å². The standard InChI is InChI=1S/C17H20FN3O2S/c1-12-6-4-5-9-21(12)16(22)11-24-17-20-19-15(23-17)10-13-7-2-3-8-14(13)18/h2-3,7-8,12H,4-6,9-11H2,1H3. The Bertz CT molecular complexity index is 707. The zero-order valence-electron chi connectivity index (χ0n) is 13.6. The molecule has 1 saturated heterocycles. The third-order valence-corrected chi connectivity index (χ3v) is 4.99. The number of halogens is 1. The van der Waals surface area contributed by atoms with E-state index in [1.807, 2.05) is 4.90 Å². The Hall–Kier alpha value is -1.89. The van der Waals surface area contributed by atoms with Gasteiger partial charge in [-0.25, -0.2) is 4.39 Å². The molecule has 1 atom stereocenters. The summed E-state index contributed by atoms with van der Waals surface area (Å²) in [6.07, 6.45) is 3.55. The first-order valence-electron chi connectivity index (χ1n) is 8.11. The first-order valence-corrected chi connectivity index (χ1v) is 9.10. The lowest BCUT2D eigenvalue weighted by molar-refractivity contribution is -0.131. The summed E-state index contributed by atoms with van der Waals surface area (Å²) in [6, 6.07) is 6.79. The Balaban J connectivity index is 1.54. The largest absolute Gasteiger partial charge is 0.416 e. The number of rotatable bonds is 5. The molecule has 0 spiro atoms. The summed E-state index contributed by atoms with van der Waals surface area (Å²) in [5.74, 6) is 0.438. The molecule has 0 radical (unpaired) electrons. The van der Waals surface area contributed by atoms with Gasteiger partial charge in [0.1, 0.15) is 5.82 Å². The fraction of sp³-hybridized carbons (Fsp3) is 0.471. The van der Waals surface area contributed by atoms with Gasteiger partial charge in [0.2, 0.25) is 11.8 Å². The smallest absolute Gasteiger partial charge is 0.277 e. The van der Waals surface area contributed by atoms with E-state index in [1.165, 1.54) is 24.2 Å². The van der Waals surface area contributed by atoms with Crippen LogP contribution in [0.3, 0.4) is 0 Å². The summed E-state index contributed by atoms with van der Waals surface area (Å²) < 4.78 is 19.1. The minimum absolute atomic E-state index is 0.0982. The molecule has 0 N–H and O–H groups in total. The van der Waals surface area contributed by atoms with Gasteiger partial charge in [-0.3, -0.25) is 4.79 Å². The molecule has 2 heterocycles. The average Bonchev–Trinajstić information content (AvgIpc) is 3.03. The van der Waals surface area contributed by atoms with Crippen molar-refractivity contribution >= 4 is 17.7 Å². The Morgan fingerprint density at radius 2 is 2.21 bits per heavy atom. The van der Waals surface area contributed by atoms with Crippen molar-refractivity contribution in [3.05, 3.63) is 41.5 Å². The highest BCUT2D eigenvalue weighted by Crippen LogP contribution is 2.22. The van der Waals surface area contributed by atoms with Gasteiger partial charge in [-0.2, -0.15) is 0 Å². The highest BCUT2D eigenvalue weighted by atomic mass is 32.2. The van der Waals surface area contributed by atoms with Crippen LogP contribution < -0.4 is 0 Å². The van der Waals surface area contributed by atoms with Crippen LogP contribution in [0, 0.1) is 5.82 Å². The second-order valence-corrected chi connectivity index (χ2v) is 6.88. The number of piperidine rings is 1. The SMILES string of the molecule is CC1CCCCN1C(=O)CSc1nnc(Cc2ccccc2F)o1. The summed E-state index contributed by atoms with van der Waals surface area (Å²) >= 11 is 1.23. The van der Waals surface area contributed by atoms with Crippen LogP contribution in [0.1, 0.15) is 37.6 Å². The van der Waals surface area contributed by atoms with Gasteiger partial charge in [-0.1, -0.05) is 30.0 Å².